The third-order valence-corrected chi connectivity index (χ3v) is 2.52. The predicted octanol–water partition coefficient (Wildman–Crippen LogP) is 1.28. The minimum atomic E-state index is -0.156. The molecule has 1 amide bonds. The van der Waals surface area contributed by atoms with E-state index in [-0.39, 0.29) is 11.8 Å². The van der Waals surface area contributed by atoms with Crippen LogP contribution >= 0.6 is 0 Å². The normalized spacial score (nSPS) is 12.5. The van der Waals surface area contributed by atoms with Gasteiger partial charge in [0, 0.05) is 24.7 Å². The summed E-state index contributed by atoms with van der Waals surface area (Å²) in [6, 6.07) is 7.87. The number of nitrogens with two attached hydrogens (primary N) is 1. The van der Waals surface area contributed by atoms with Gasteiger partial charge in [0.15, 0.2) is 0 Å². The van der Waals surface area contributed by atoms with Crippen LogP contribution in [0.15, 0.2) is 24.3 Å². The lowest BCUT2D eigenvalue weighted by Crippen LogP contribution is -2.26. The van der Waals surface area contributed by atoms with Crippen LogP contribution in [0.2, 0.25) is 0 Å². The molecule has 0 saturated heterocycles. The number of carbonyl (C=O) groups excluding carboxylic acids is 1. The molecule has 0 radical (unpaired) electrons. The molecule has 3 N–H and O–H groups in total. The molecular weight excluding hydrogens is 214 g/mol. The van der Waals surface area contributed by atoms with Crippen LogP contribution in [-0.2, 0) is 11.3 Å². The molecular formula is C13H21N3O. The van der Waals surface area contributed by atoms with Crippen LogP contribution in [0.4, 0.5) is 5.69 Å². The second-order valence-corrected chi connectivity index (χ2v) is 4.56. The molecule has 0 aliphatic heterocycles. The van der Waals surface area contributed by atoms with Crippen molar-refractivity contribution in [3.63, 3.8) is 0 Å². The summed E-state index contributed by atoms with van der Waals surface area (Å²) in [5.41, 5.74) is 7.48. The zero-order chi connectivity index (χ0) is 12.8. The topological polar surface area (TPSA) is 58.4 Å². The van der Waals surface area contributed by atoms with E-state index in [4.69, 9.17) is 5.73 Å². The number of amides is 1. The van der Waals surface area contributed by atoms with E-state index in [0.717, 1.165) is 12.2 Å². The van der Waals surface area contributed by atoms with Gasteiger partial charge in [0.1, 0.15) is 0 Å². The highest BCUT2D eigenvalue weighted by atomic mass is 16.1. The first-order valence-electron chi connectivity index (χ1n) is 5.77. The van der Waals surface area contributed by atoms with Gasteiger partial charge in [0.2, 0.25) is 5.91 Å². The van der Waals surface area contributed by atoms with E-state index in [0.29, 0.717) is 6.54 Å². The molecule has 0 fully saturated rings. The third-order valence-electron chi connectivity index (χ3n) is 2.52. The lowest BCUT2D eigenvalue weighted by molar-refractivity contribution is -0.119. The summed E-state index contributed by atoms with van der Waals surface area (Å²) < 4.78 is 0. The van der Waals surface area contributed by atoms with E-state index in [1.807, 2.05) is 45.3 Å². The number of nitrogens with one attached hydrogen (secondary N) is 1. The van der Waals surface area contributed by atoms with Gasteiger partial charge in [-0.2, -0.15) is 0 Å². The van der Waals surface area contributed by atoms with Gasteiger partial charge >= 0.3 is 0 Å². The minimum Gasteiger partial charge on any atom is -0.330 e. The number of hydrogen-bond donors (Lipinski definition) is 2. The standard InChI is InChI=1S/C13H21N3O/c1-10(8-14)13(17)15-12-6-4-11(5-7-12)9-16(2)3/h4-7,10H,8-9,14H2,1-3H3,(H,15,17). The average Bonchev–Trinajstić information content (AvgIpc) is 2.30. The molecule has 4 heteroatoms. The fourth-order valence-electron chi connectivity index (χ4n) is 1.43. The number of rotatable bonds is 5. The van der Waals surface area contributed by atoms with E-state index in [1.165, 1.54) is 5.56 Å². The van der Waals surface area contributed by atoms with Crippen LogP contribution in [0.1, 0.15) is 12.5 Å². The molecule has 0 spiro atoms. The molecule has 0 aromatic heterocycles. The summed E-state index contributed by atoms with van der Waals surface area (Å²) in [6.45, 7) is 3.08. The molecule has 1 atom stereocenters. The maximum absolute atomic E-state index is 11.6. The van der Waals surface area contributed by atoms with Crippen LogP contribution in [0.25, 0.3) is 0 Å². The predicted molar refractivity (Wildman–Crippen MR) is 70.7 cm³/mol. The zero-order valence-corrected chi connectivity index (χ0v) is 10.7. The van der Waals surface area contributed by atoms with E-state index < -0.39 is 0 Å². The summed E-state index contributed by atoms with van der Waals surface area (Å²) in [7, 11) is 4.05. The number of carbonyl (C=O) groups is 1. The highest BCUT2D eigenvalue weighted by Crippen LogP contribution is 2.11. The lowest BCUT2D eigenvalue weighted by Gasteiger charge is -2.12. The Bertz CT molecular complexity index is 359. The summed E-state index contributed by atoms with van der Waals surface area (Å²) >= 11 is 0. The summed E-state index contributed by atoms with van der Waals surface area (Å²) in [5.74, 6) is -0.190. The number of nitrogens with zero attached hydrogens (tertiary/aromatic N) is 1. The van der Waals surface area contributed by atoms with Crippen molar-refractivity contribution in [3.05, 3.63) is 29.8 Å². The molecule has 1 aromatic rings. The first-order chi connectivity index (χ1) is 8.02. The molecule has 1 rings (SSSR count). The fourth-order valence-corrected chi connectivity index (χ4v) is 1.43. The number of anilines is 1. The van der Waals surface area contributed by atoms with Gasteiger partial charge in [0.25, 0.3) is 0 Å². The maximum Gasteiger partial charge on any atom is 0.228 e. The molecule has 0 saturated carbocycles. The average molecular weight is 235 g/mol. The van der Waals surface area contributed by atoms with Crippen LogP contribution in [0, 0.1) is 5.92 Å². The molecule has 1 aromatic carbocycles. The summed E-state index contributed by atoms with van der Waals surface area (Å²) in [4.78, 5) is 13.7. The van der Waals surface area contributed by atoms with Crippen molar-refractivity contribution >= 4 is 11.6 Å². The van der Waals surface area contributed by atoms with Gasteiger partial charge in [-0.15, -0.1) is 0 Å². The van der Waals surface area contributed by atoms with Gasteiger partial charge in [-0.3, -0.25) is 4.79 Å². The second-order valence-electron chi connectivity index (χ2n) is 4.56. The lowest BCUT2D eigenvalue weighted by atomic mass is 10.1. The Morgan fingerprint density at radius 2 is 1.94 bits per heavy atom. The third kappa shape index (κ3) is 4.54. The minimum absolute atomic E-state index is 0.0344. The molecule has 17 heavy (non-hydrogen) atoms. The quantitative estimate of drug-likeness (QED) is 0.808. The van der Waals surface area contributed by atoms with Crippen molar-refractivity contribution in [1.82, 2.24) is 4.90 Å². The SMILES string of the molecule is CC(CN)C(=O)Nc1ccc(CN(C)C)cc1. The van der Waals surface area contributed by atoms with Crippen molar-refractivity contribution in [1.29, 1.82) is 0 Å². The highest BCUT2D eigenvalue weighted by molar-refractivity contribution is 5.92. The first kappa shape index (κ1) is 13.7. The summed E-state index contributed by atoms with van der Waals surface area (Å²) in [6.07, 6.45) is 0. The first-order valence-corrected chi connectivity index (χ1v) is 5.77. The Morgan fingerprint density at radius 3 is 2.41 bits per heavy atom. The van der Waals surface area contributed by atoms with Crippen LogP contribution in [-0.4, -0.2) is 31.4 Å². The Labute approximate surface area is 103 Å². The van der Waals surface area contributed by atoms with Crippen LogP contribution < -0.4 is 11.1 Å². The molecule has 1 unspecified atom stereocenters. The molecule has 0 aliphatic rings. The van der Waals surface area contributed by atoms with Gasteiger partial charge in [-0.1, -0.05) is 19.1 Å². The van der Waals surface area contributed by atoms with E-state index >= 15 is 0 Å². The van der Waals surface area contributed by atoms with Gasteiger partial charge in [0.05, 0.1) is 0 Å². The fraction of sp³-hybridized carbons (Fsp3) is 0.462. The van der Waals surface area contributed by atoms with Crippen molar-refractivity contribution in [2.45, 2.75) is 13.5 Å². The molecule has 4 nitrogen and oxygen atoms in total. The number of benzene rings is 1. The van der Waals surface area contributed by atoms with E-state index in [9.17, 15) is 4.79 Å². The Balaban J connectivity index is 2.59. The molecule has 0 aliphatic carbocycles. The largest absolute Gasteiger partial charge is 0.330 e. The zero-order valence-electron chi connectivity index (χ0n) is 10.7. The number of hydrogen-bond acceptors (Lipinski definition) is 3. The van der Waals surface area contributed by atoms with Crippen LogP contribution in [0.3, 0.4) is 0 Å². The molecule has 0 heterocycles. The van der Waals surface area contributed by atoms with Crippen molar-refractivity contribution < 1.29 is 4.79 Å². The van der Waals surface area contributed by atoms with E-state index in [1.54, 1.807) is 0 Å². The Hall–Kier alpha value is -1.39. The van der Waals surface area contributed by atoms with Crippen LogP contribution in [0.5, 0.6) is 0 Å². The summed E-state index contributed by atoms with van der Waals surface area (Å²) in [5, 5.41) is 2.84. The Morgan fingerprint density at radius 1 is 1.35 bits per heavy atom. The Kier molecular flexibility index (Phi) is 5.12. The van der Waals surface area contributed by atoms with E-state index in [2.05, 4.69) is 10.2 Å². The van der Waals surface area contributed by atoms with Gasteiger partial charge in [-0.05, 0) is 31.8 Å². The molecule has 94 valence electrons. The highest BCUT2D eigenvalue weighted by Gasteiger charge is 2.10. The van der Waals surface area contributed by atoms with Gasteiger partial charge < -0.3 is 16.0 Å². The van der Waals surface area contributed by atoms with Crippen molar-refractivity contribution in [2.24, 2.45) is 11.7 Å². The monoisotopic (exact) mass is 235 g/mol. The van der Waals surface area contributed by atoms with Gasteiger partial charge in [-0.25, -0.2) is 0 Å². The van der Waals surface area contributed by atoms with Crippen molar-refractivity contribution in [2.75, 3.05) is 26.0 Å². The second kappa shape index (κ2) is 6.37. The maximum atomic E-state index is 11.6. The van der Waals surface area contributed by atoms with Crippen molar-refractivity contribution in [3.8, 4) is 0 Å². The molecule has 0 bridgehead atoms. The smallest absolute Gasteiger partial charge is 0.228 e.